The van der Waals surface area contributed by atoms with Crippen LogP contribution in [0.3, 0.4) is 0 Å². The van der Waals surface area contributed by atoms with E-state index < -0.39 is 22.1 Å². The molecule has 1 aliphatic rings. The second-order valence-electron chi connectivity index (χ2n) is 8.12. The first-order chi connectivity index (χ1) is 15.6. The van der Waals surface area contributed by atoms with Gasteiger partial charge in [-0.2, -0.15) is 4.31 Å². The number of carbonyl (C=O) groups is 1. The van der Waals surface area contributed by atoms with E-state index in [0.29, 0.717) is 10.9 Å². The molecule has 2 heterocycles. The van der Waals surface area contributed by atoms with Crippen molar-refractivity contribution in [3.05, 3.63) is 70.3 Å². The van der Waals surface area contributed by atoms with E-state index in [1.807, 2.05) is 13.8 Å². The number of nitrogens with zero attached hydrogens (tertiary/aromatic N) is 2. The van der Waals surface area contributed by atoms with E-state index in [1.165, 1.54) is 28.6 Å². The zero-order chi connectivity index (χ0) is 23.8. The highest BCUT2D eigenvalue weighted by atomic mass is 32.2. The maximum Gasteiger partial charge on any atom is 0.338 e. The molecule has 0 radical (unpaired) electrons. The van der Waals surface area contributed by atoms with E-state index in [4.69, 9.17) is 9.47 Å². The number of para-hydroxylation sites is 1. The number of sulfonamides is 1. The third-order valence-electron chi connectivity index (χ3n) is 5.39. The summed E-state index contributed by atoms with van der Waals surface area (Å²) in [6.07, 6.45) is -1.31. The Kier molecular flexibility index (Phi) is 6.33. The van der Waals surface area contributed by atoms with Crippen molar-refractivity contribution in [2.45, 2.75) is 44.0 Å². The Hall–Kier alpha value is -3.08. The molecule has 10 heteroatoms. The average Bonchev–Trinajstić information content (AvgIpc) is 2.78. The fourth-order valence-electron chi connectivity index (χ4n) is 3.84. The van der Waals surface area contributed by atoms with Crippen molar-refractivity contribution >= 4 is 26.9 Å². The summed E-state index contributed by atoms with van der Waals surface area (Å²) in [6, 6.07) is 12.6. The maximum absolute atomic E-state index is 13.1. The number of rotatable bonds is 5. The molecule has 1 saturated heterocycles. The number of esters is 1. The van der Waals surface area contributed by atoms with Crippen LogP contribution < -0.4 is 5.56 Å². The van der Waals surface area contributed by atoms with Gasteiger partial charge in [0.15, 0.2) is 11.9 Å². The van der Waals surface area contributed by atoms with Crippen LogP contribution in [0.4, 0.5) is 0 Å². The van der Waals surface area contributed by atoms with Crippen LogP contribution in [-0.4, -0.2) is 54.0 Å². The Balaban J connectivity index is 1.55. The summed E-state index contributed by atoms with van der Waals surface area (Å²) < 4.78 is 38.7. The van der Waals surface area contributed by atoms with Crippen LogP contribution in [0.2, 0.25) is 0 Å². The number of ether oxygens (including phenoxy) is 2. The zero-order valence-corrected chi connectivity index (χ0v) is 19.3. The number of hydrogen-bond donors (Lipinski definition) is 1. The van der Waals surface area contributed by atoms with Crippen LogP contribution >= 0.6 is 0 Å². The number of fused-ring (bicyclic) bond motifs is 1. The van der Waals surface area contributed by atoms with Crippen LogP contribution in [-0.2, 0) is 19.5 Å². The van der Waals surface area contributed by atoms with Gasteiger partial charge in [0.1, 0.15) is 0 Å². The number of aromatic nitrogens is 2. The normalized spacial score (nSPS) is 20.5. The van der Waals surface area contributed by atoms with Gasteiger partial charge in [-0.25, -0.2) is 18.2 Å². The predicted molar refractivity (Wildman–Crippen MR) is 121 cm³/mol. The summed E-state index contributed by atoms with van der Waals surface area (Å²) in [6.45, 7) is 5.69. The second kappa shape index (κ2) is 9.05. The van der Waals surface area contributed by atoms with Gasteiger partial charge in [0.25, 0.3) is 5.56 Å². The molecule has 3 atom stereocenters. The molecule has 3 unspecified atom stereocenters. The van der Waals surface area contributed by atoms with Crippen molar-refractivity contribution in [2.24, 2.45) is 0 Å². The summed E-state index contributed by atoms with van der Waals surface area (Å²) in [4.78, 5) is 32.1. The number of morpholine rings is 1. The van der Waals surface area contributed by atoms with Gasteiger partial charge in [-0.3, -0.25) is 4.79 Å². The number of nitrogens with one attached hydrogen (secondary N) is 1. The first-order valence-electron chi connectivity index (χ1n) is 10.6. The smallest absolute Gasteiger partial charge is 0.338 e. The molecule has 1 N–H and O–H groups in total. The highest BCUT2D eigenvalue weighted by molar-refractivity contribution is 7.89. The van der Waals surface area contributed by atoms with Crippen LogP contribution in [0.25, 0.3) is 10.9 Å². The molecule has 174 valence electrons. The fourth-order valence-corrected chi connectivity index (χ4v) is 5.48. The average molecular weight is 472 g/mol. The molecule has 2 aromatic carbocycles. The summed E-state index contributed by atoms with van der Waals surface area (Å²) in [7, 11) is -3.81. The second-order valence-corrected chi connectivity index (χ2v) is 10.1. The Morgan fingerprint density at radius 1 is 1.15 bits per heavy atom. The molecule has 1 aromatic heterocycles. The minimum Gasteiger partial charge on any atom is -0.451 e. The van der Waals surface area contributed by atoms with E-state index in [1.54, 1.807) is 31.2 Å². The van der Waals surface area contributed by atoms with Crippen LogP contribution in [0, 0.1) is 0 Å². The van der Waals surface area contributed by atoms with Gasteiger partial charge in [-0.05, 0) is 51.1 Å². The van der Waals surface area contributed by atoms with E-state index in [9.17, 15) is 18.0 Å². The fraction of sp³-hybridized carbons (Fsp3) is 0.348. The summed E-state index contributed by atoms with van der Waals surface area (Å²) in [5, 5.41) is 0.435. The molecule has 33 heavy (non-hydrogen) atoms. The van der Waals surface area contributed by atoms with E-state index >= 15 is 0 Å². The lowest BCUT2D eigenvalue weighted by atomic mass is 10.2. The number of H-pyrrole nitrogens is 1. The van der Waals surface area contributed by atoms with Gasteiger partial charge < -0.3 is 14.5 Å². The third kappa shape index (κ3) is 4.82. The summed E-state index contributed by atoms with van der Waals surface area (Å²) in [5.41, 5.74) is 0.238. The van der Waals surface area contributed by atoms with Crippen molar-refractivity contribution in [2.75, 3.05) is 13.1 Å². The summed E-state index contributed by atoms with van der Waals surface area (Å²) in [5.74, 6) is -0.522. The molecule has 0 spiro atoms. The van der Waals surface area contributed by atoms with Gasteiger partial charge in [-0.15, -0.1) is 0 Å². The first kappa shape index (κ1) is 23.1. The molecule has 9 nitrogen and oxygen atoms in total. The maximum atomic E-state index is 13.1. The van der Waals surface area contributed by atoms with Gasteiger partial charge >= 0.3 is 5.97 Å². The number of aromatic amines is 1. The van der Waals surface area contributed by atoms with Crippen molar-refractivity contribution < 1.29 is 22.7 Å². The Bertz CT molecular complexity index is 1340. The zero-order valence-electron chi connectivity index (χ0n) is 18.5. The molecule has 0 bridgehead atoms. The van der Waals surface area contributed by atoms with Crippen molar-refractivity contribution in [3.63, 3.8) is 0 Å². The predicted octanol–water partition coefficient (Wildman–Crippen LogP) is 2.64. The number of benzene rings is 2. The first-order valence-corrected chi connectivity index (χ1v) is 12.0. The molecular formula is C23H25N3O6S. The van der Waals surface area contributed by atoms with Crippen LogP contribution in [0.15, 0.2) is 58.2 Å². The Morgan fingerprint density at radius 3 is 2.58 bits per heavy atom. The van der Waals surface area contributed by atoms with Gasteiger partial charge in [0, 0.05) is 13.1 Å². The van der Waals surface area contributed by atoms with Crippen molar-refractivity contribution in [3.8, 4) is 0 Å². The SMILES string of the molecule is CC1CN(S(=O)(=O)c2cccc(C(=O)OC(C)c3nc4ccccc4c(=O)[nH]3)c2)CC(C)O1. The topological polar surface area (TPSA) is 119 Å². The minimum absolute atomic E-state index is 0.00291. The van der Waals surface area contributed by atoms with E-state index in [-0.39, 0.29) is 47.1 Å². The van der Waals surface area contributed by atoms with Gasteiger partial charge in [-0.1, -0.05) is 18.2 Å². The standard InChI is InChI=1S/C23H25N3O6S/c1-14-12-26(13-15(2)31-14)33(29,30)18-8-6-7-17(11-18)23(28)32-16(3)21-24-20-10-5-4-9-19(20)22(27)25-21/h4-11,14-16H,12-13H2,1-3H3,(H,24,25,27). The molecule has 0 amide bonds. The minimum atomic E-state index is -3.81. The monoisotopic (exact) mass is 471 g/mol. The van der Waals surface area contributed by atoms with E-state index in [2.05, 4.69) is 9.97 Å². The molecule has 1 fully saturated rings. The van der Waals surface area contributed by atoms with E-state index in [0.717, 1.165) is 0 Å². The van der Waals surface area contributed by atoms with Gasteiger partial charge in [0.2, 0.25) is 10.0 Å². The molecule has 3 aromatic rings. The molecule has 1 aliphatic heterocycles. The molecule has 0 saturated carbocycles. The quantitative estimate of drug-likeness (QED) is 0.568. The lowest BCUT2D eigenvalue weighted by Gasteiger charge is -2.34. The lowest BCUT2D eigenvalue weighted by Crippen LogP contribution is -2.48. The molecular weight excluding hydrogens is 446 g/mol. The Morgan fingerprint density at radius 2 is 1.85 bits per heavy atom. The van der Waals surface area contributed by atoms with Crippen LogP contribution in [0.1, 0.15) is 43.1 Å². The number of hydrogen-bond acceptors (Lipinski definition) is 7. The van der Waals surface area contributed by atoms with Crippen molar-refractivity contribution in [1.82, 2.24) is 14.3 Å². The van der Waals surface area contributed by atoms with Crippen molar-refractivity contribution in [1.29, 1.82) is 0 Å². The van der Waals surface area contributed by atoms with Crippen LogP contribution in [0.5, 0.6) is 0 Å². The molecule has 0 aliphatic carbocycles. The highest BCUT2D eigenvalue weighted by Gasteiger charge is 2.32. The third-order valence-corrected chi connectivity index (χ3v) is 7.22. The van der Waals surface area contributed by atoms with Gasteiger partial charge in [0.05, 0.1) is 33.6 Å². The number of carbonyl (C=O) groups excluding carboxylic acids is 1. The lowest BCUT2D eigenvalue weighted by molar-refractivity contribution is -0.0440. The largest absolute Gasteiger partial charge is 0.451 e. The highest BCUT2D eigenvalue weighted by Crippen LogP contribution is 2.23. The Labute approximate surface area is 191 Å². The summed E-state index contributed by atoms with van der Waals surface area (Å²) >= 11 is 0. The molecule has 4 rings (SSSR count).